The molecule has 0 aliphatic carbocycles. The first-order valence-corrected chi connectivity index (χ1v) is 2.35. The first-order valence-electron chi connectivity index (χ1n) is 1.31. The Balaban J connectivity index is 2.32. The van der Waals surface area contributed by atoms with Crippen LogP contribution in [0.15, 0.2) is 5.41 Å². The normalized spacial score (nSPS) is 19.2. The third kappa shape index (κ3) is 0.581. The van der Waals surface area contributed by atoms with Crippen LogP contribution in [0.5, 0.6) is 0 Å². The van der Waals surface area contributed by atoms with E-state index >= 15 is 0 Å². The van der Waals surface area contributed by atoms with Crippen molar-refractivity contribution in [3.8, 4) is 0 Å². The summed E-state index contributed by atoms with van der Waals surface area (Å²) in [6.45, 7) is 0. The van der Waals surface area contributed by atoms with E-state index in [1.165, 1.54) is 0 Å². The molecule has 0 spiro atoms. The summed E-state index contributed by atoms with van der Waals surface area (Å²) >= 11 is 1.62. The van der Waals surface area contributed by atoms with Crippen molar-refractivity contribution in [1.29, 1.82) is 0 Å². The minimum atomic E-state index is 0.750. The standard InChI is InChI=1S/C3H3OS/c1-2-5-3-4-1/h2H,3H2. The van der Waals surface area contributed by atoms with Crippen molar-refractivity contribution in [1.82, 2.24) is 0 Å². The molecule has 0 aromatic carbocycles. The lowest BCUT2D eigenvalue weighted by Crippen LogP contribution is -1.64. The summed E-state index contributed by atoms with van der Waals surface area (Å²) in [4.78, 5) is 0. The second-order valence-electron chi connectivity index (χ2n) is 0.665. The van der Waals surface area contributed by atoms with Gasteiger partial charge in [-0.15, -0.1) is 0 Å². The first-order chi connectivity index (χ1) is 2.50. The maximum Gasteiger partial charge on any atom is 0.169 e. The lowest BCUT2D eigenvalue weighted by atomic mass is 11.1. The van der Waals surface area contributed by atoms with Crippen molar-refractivity contribution in [2.45, 2.75) is 0 Å². The number of thioether (sulfide) groups is 1. The van der Waals surface area contributed by atoms with Crippen LogP contribution in [0, 0.1) is 6.26 Å². The molecule has 1 heterocycles. The number of ether oxygens (including phenoxy) is 1. The largest absolute Gasteiger partial charge is 0.478 e. The van der Waals surface area contributed by atoms with Gasteiger partial charge in [0.15, 0.2) is 6.26 Å². The van der Waals surface area contributed by atoms with Gasteiger partial charge in [0.2, 0.25) is 0 Å². The monoisotopic (exact) mass is 87.0 g/mol. The highest BCUT2D eigenvalue weighted by Gasteiger charge is 1.85. The van der Waals surface area contributed by atoms with Crippen molar-refractivity contribution in [2.75, 3.05) is 5.94 Å². The Morgan fingerprint density at radius 3 is 3.20 bits per heavy atom. The smallest absolute Gasteiger partial charge is 0.169 e. The van der Waals surface area contributed by atoms with Crippen molar-refractivity contribution in [2.24, 2.45) is 0 Å². The fourth-order valence-corrected chi connectivity index (χ4v) is 0.510. The van der Waals surface area contributed by atoms with Gasteiger partial charge in [-0.05, 0) is 0 Å². The van der Waals surface area contributed by atoms with E-state index in [-0.39, 0.29) is 0 Å². The van der Waals surface area contributed by atoms with E-state index in [2.05, 4.69) is 11.0 Å². The lowest BCUT2D eigenvalue weighted by Gasteiger charge is -1.77. The average molecular weight is 87.1 g/mol. The van der Waals surface area contributed by atoms with E-state index in [1.54, 1.807) is 17.2 Å². The summed E-state index contributed by atoms with van der Waals surface area (Å²) < 4.78 is 4.60. The van der Waals surface area contributed by atoms with Crippen LogP contribution in [-0.2, 0) is 4.74 Å². The van der Waals surface area contributed by atoms with Crippen molar-refractivity contribution in [3.05, 3.63) is 11.7 Å². The molecular formula is C3H3OS. The molecule has 0 atom stereocenters. The van der Waals surface area contributed by atoms with Gasteiger partial charge in [-0.1, -0.05) is 11.8 Å². The predicted molar refractivity (Wildman–Crippen MR) is 21.4 cm³/mol. The summed E-state index contributed by atoms with van der Waals surface area (Å²) in [5.41, 5.74) is 0. The van der Waals surface area contributed by atoms with Gasteiger partial charge in [0.1, 0.15) is 5.94 Å². The van der Waals surface area contributed by atoms with Crippen molar-refractivity contribution in [3.63, 3.8) is 0 Å². The predicted octanol–water partition coefficient (Wildman–Crippen LogP) is 0.982. The molecule has 1 nitrogen and oxygen atoms in total. The van der Waals surface area contributed by atoms with Crippen molar-refractivity contribution >= 4 is 11.8 Å². The van der Waals surface area contributed by atoms with E-state index < -0.39 is 0 Å². The van der Waals surface area contributed by atoms with Crippen LogP contribution in [0.25, 0.3) is 0 Å². The average Bonchev–Trinajstić information content (AvgIpc) is 1.76. The minimum Gasteiger partial charge on any atom is -0.478 e. The summed E-state index contributed by atoms with van der Waals surface area (Å²) in [5, 5.41) is 1.81. The molecule has 1 rings (SSSR count). The Morgan fingerprint density at radius 2 is 3.00 bits per heavy atom. The fraction of sp³-hybridized carbons (Fsp3) is 0.333. The molecule has 0 aromatic rings. The minimum absolute atomic E-state index is 0.750. The van der Waals surface area contributed by atoms with Gasteiger partial charge in [0.25, 0.3) is 0 Å². The van der Waals surface area contributed by atoms with Crippen LogP contribution < -0.4 is 0 Å². The number of hydrogen-bond acceptors (Lipinski definition) is 2. The molecule has 27 valence electrons. The van der Waals surface area contributed by atoms with E-state index in [1.807, 2.05) is 0 Å². The zero-order chi connectivity index (χ0) is 3.54. The maximum absolute atomic E-state index is 4.60. The van der Waals surface area contributed by atoms with E-state index in [4.69, 9.17) is 0 Å². The second kappa shape index (κ2) is 1.36. The molecule has 0 bridgehead atoms. The lowest BCUT2D eigenvalue weighted by molar-refractivity contribution is 0.302. The summed E-state index contributed by atoms with van der Waals surface area (Å²) in [7, 11) is 0. The van der Waals surface area contributed by atoms with Gasteiger partial charge in [-0.25, -0.2) is 0 Å². The highest BCUT2D eigenvalue weighted by Crippen LogP contribution is 2.07. The van der Waals surface area contributed by atoms with Crippen LogP contribution in [0.1, 0.15) is 0 Å². The highest BCUT2D eigenvalue weighted by molar-refractivity contribution is 8.02. The van der Waals surface area contributed by atoms with E-state index in [9.17, 15) is 0 Å². The third-order valence-electron chi connectivity index (χ3n) is 0.342. The summed E-state index contributed by atoms with van der Waals surface area (Å²) in [6.07, 6.45) is 2.56. The van der Waals surface area contributed by atoms with Crippen LogP contribution in [0.2, 0.25) is 0 Å². The zero-order valence-electron chi connectivity index (χ0n) is 2.60. The molecule has 1 radical (unpaired) electrons. The molecule has 2 heteroatoms. The Kier molecular flexibility index (Phi) is 0.841. The zero-order valence-corrected chi connectivity index (χ0v) is 3.42. The molecule has 0 saturated heterocycles. The molecule has 1 aliphatic heterocycles. The first kappa shape index (κ1) is 3.09. The Morgan fingerprint density at radius 1 is 2.00 bits per heavy atom. The van der Waals surface area contributed by atoms with Gasteiger partial charge in [0.05, 0.1) is 0 Å². The molecule has 0 amide bonds. The van der Waals surface area contributed by atoms with Crippen LogP contribution >= 0.6 is 11.8 Å². The second-order valence-corrected chi connectivity index (χ2v) is 1.47. The summed E-state index contributed by atoms with van der Waals surface area (Å²) in [5.74, 6) is 0.750. The van der Waals surface area contributed by atoms with Crippen LogP contribution in [0.3, 0.4) is 0 Å². The highest BCUT2D eigenvalue weighted by atomic mass is 32.2. The van der Waals surface area contributed by atoms with Gasteiger partial charge >= 0.3 is 0 Å². The van der Waals surface area contributed by atoms with Crippen LogP contribution in [-0.4, -0.2) is 5.94 Å². The van der Waals surface area contributed by atoms with Gasteiger partial charge in [0, 0.05) is 5.41 Å². The SMILES string of the molecule is [C]1=CSCO1. The Labute approximate surface area is 35.0 Å². The van der Waals surface area contributed by atoms with Crippen LogP contribution in [0.4, 0.5) is 0 Å². The molecule has 1 aliphatic rings. The summed E-state index contributed by atoms with van der Waals surface area (Å²) in [6, 6.07) is 0. The molecule has 0 N–H and O–H groups in total. The van der Waals surface area contributed by atoms with Crippen molar-refractivity contribution < 1.29 is 4.74 Å². The Hall–Kier alpha value is -0.110. The number of hydrogen-bond donors (Lipinski definition) is 0. The number of rotatable bonds is 0. The molecule has 0 aromatic heterocycles. The van der Waals surface area contributed by atoms with E-state index in [0.717, 1.165) is 5.94 Å². The van der Waals surface area contributed by atoms with E-state index in [0.29, 0.717) is 0 Å². The molecular weight excluding hydrogens is 84.1 g/mol. The third-order valence-corrected chi connectivity index (χ3v) is 0.859. The fourth-order valence-electron chi connectivity index (χ4n) is 0.170. The van der Waals surface area contributed by atoms with Gasteiger partial charge in [-0.2, -0.15) is 0 Å². The van der Waals surface area contributed by atoms with Gasteiger partial charge in [-0.3, -0.25) is 0 Å². The molecule has 0 saturated carbocycles. The molecule has 5 heavy (non-hydrogen) atoms. The van der Waals surface area contributed by atoms with Gasteiger partial charge < -0.3 is 4.74 Å². The Bertz CT molecular complexity index is 44.9. The molecule has 0 fully saturated rings. The quantitative estimate of drug-likeness (QED) is 0.435. The molecule has 0 unspecified atom stereocenters. The maximum atomic E-state index is 4.60. The topological polar surface area (TPSA) is 9.23 Å².